The Balaban J connectivity index is 1.56. The highest BCUT2D eigenvalue weighted by molar-refractivity contribution is 8.00. The number of nitrogens with zero attached hydrogens (tertiary/aromatic N) is 2. The third kappa shape index (κ3) is 6.76. The van der Waals surface area contributed by atoms with Crippen LogP contribution in [0.15, 0.2) is 54.6 Å². The maximum atomic E-state index is 11.7. The molecule has 1 saturated heterocycles. The van der Waals surface area contributed by atoms with Crippen LogP contribution < -0.4 is 9.62 Å². The molecule has 1 N–H and O–H groups in total. The van der Waals surface area contributed by atoms with Gasteiger partial charge in [-0.05, 0) is 68.6 Å². The molecule has 6 heteroatoms. The first-order valence-electron chi connectivity index (χ1n) is 10.7. The summed E-state index contributed by atoms with van der Waals surface area (Å²) in [6, 6.07) is 19.3. The van der Waals surface area contributed by atoms with E-state index in [-0.39, 0.29) is 5.97 Å². The maximum Gasteiger partial charge on any atom is 0.337 e. The first-order chi connectivity index (χ1) is 14.5. The Morgan fingerprint density at radius 3 is 2.40 bits per heavy atom. The largest absolute Gasteiger partial charge is 0.465 e. The van der Waals surface area contributed by atoms with Crippen molar-refractivity contribution >= 4 is 23.6 Å². The van der Waals surface area contributed by atoms with E-state index in [0.29, 0.717) is 17.6 Å². The predicted octanol–water partition coefficient (Wildman–Crippen LogP) is 4.20. The Bertz CT molecular complexity index is 775. The molecular formula is C24H33N3O2S. The highest BCUT2D eigenvalue weighted by atomic mass is 32.2. The number of para-hydroxylation sites is 1. The zero-order valence-electron chi connectivity index (χ0n) is 18.2. The minimum Gasteiger partial charge on any atom is -0.465 e. The number of rotatable bonds is 9. The van der Waals surface area contributed by atoms with Crippen molar-refractivity contribution in [3.8, 4) is 0 Å². The van der Waals surface area contributed by atoms with E-state index in [0.717, 1.165) is 38.4 Å². The molecule has 0 saturated carbocycles. The van der Waals surface area contributed by atoms with Crippen LogP contribution in [0.3, 0.4) is 0 Å². The number of hydrogen-bond acceptors (Lipinski definition) is 6. The average Bonchev–Trinajstić information content (AvgIpc) is 2.75. The number of carbonyl (C=O) groups is 1. The summed E-state index contributed by atoms with van der Waals surface area (Å²) < 4.78 is 7.14. The molecule has 2 unspecified atom stereocenters. The standard InChI is InChI=1S/C24H33N3O2S/c1-19-16-26(17-20(2)25-19)14-7-15-30-27(23-8-5-4-6-9-23)18-21-10-12-22(13-11-21)24(28)29-3/h4-6,8-13,19-20,25H,7,14-18H2,1-3H3. The first kappa shape index (κ1) is 22.7. The molecule has 1 aliphatic heterocycles. The Labute approximate surface area is 184 Å². The van der Waals surface area contributed by atoms with Crippen LogP contribution in [0.25, 0.3) is 0 Å². The fourth-order valence-corrected chi connectivity index (χ4v) is 4.91. The van der Waals surface area contributed by atoms with Crippen LogP contribution in [0.1, 0.15) is 36.2 Å². The van der Waals surface area contributed by atoms with Gasteiger partial charge in [-0.2, -0.15) is 0 Å². The normalized spacial score (nSPS) is 19.4. The van der Waals surface area contributed by atoms with Gasteiger partial charge in [0.2, 0.25) is 0 Å². The number of nitrogens with one attached hydrogen (secondary N) is 1. The van der Waals surface area contributed by atoms with E-state index < -0.39 is 0 Å². The van der Waals surface area contributed by atoms with Crippen LogP contribution in [0.2, 0.25) is 0 Å². The second-order valence-corrected chi connectivity index (χ2v) is 9.08. The number of piperazine rings is 1. The van der Waals surface area contributed by atoms with Gasteiger partial charge < -0.3 is 19.3 Å². The summed E-state index contributed by atoms with van der Waals surface area (Å²) in [7, 11) is 1.41. The molecule has 3 rings (SSSR count). The zero-order chi connectivity index (χ0) is 21.3. The van der Waals surface area contributed by atoms with E-state index in [1.807, 2.05) is 42.3 Å². The van der Waals surface area contributed by atoms with Crippen molar-refractivity contribution in [3.63, 3.8) is 0 Å². The van der Waals surface area contributed by atoms with Gasteiger partial charge in [0.25, 0.3) is 0 Å². The highest BCUT2D eigenvalue weighted by Gasteiger charge is 2.20. The van der Waals surface area contributed by atoms with Crippen molar-refractivity contribution in [1.29, 1.82) is 0 Å². The van der Waals surface area contributed by atoms with E-state index in [1.54, 1.807) is 0 Å². The Kier molecular flexibility index (Phi) is 8.61. The summed E-state index contributed by atoms with van der Waals surface area (Å²) in [4.78, 5) is 14.2. The second kappa shape index (κ2) is 11.4. The lowest BCUT2D eigenvalue weighted by Gasteiger charge is -2.36. The quantitative estimate of drug-likeness (QED) is 0.368. The van der Waals surface area contributed by atoms with Crippen molar-refractivity contribution in [3.05, 3.63) is 65.7 Å². The van der Waals surface area contributed by atoms with Crippen molar-refractivity contribution < 1.29 is 9.53 Å². The third-order valence-electron chi connectivity index (χ3n) is 5.24. The van der Waals surface area contributed by atoms with Crippen LogP contribution in [0.4, 0.5) is 5.69 Å². The zero-order valence-corrected chi connectivity index (χ0v) is 19.0. The van der Waals surface area contributed by atoms with Crippen LogP contribution >= 0.6 is 11.9 Å². The molecular weight excluding hydrogens is 394 g/mol. The minimum atomic E-state index is -0.299. The molecule has 2 atom stereocenters. The van der Waals surface area contributed by atoms with Gasteiger partial charge in [0.1, 0.15) is 0 Å². The molecule has 0 amide bonds. The average molecular weight is 428 g/mol. The molecule has 2 aromatic rings. The lowest BCUT2D eigenvalue weighted by Crippen LogP contribution is -2.54. The molecule has 1 heterocycles. The van der Waals surface area contributed by atoms with Gasteiger partial charge >= 0.3 is 5.97 Å². The second-order valence-electron chi connectivity index (χ2n) is 7.98. The van der Waals surface area contributed by atoms with E-state index in [4.69, 9.17) is 4.74 Å². The number of methoxy groups -OCH3 is 1. The topological polar surface area (TPSA) is 44.8 Å². The van der Waals surface area contributed by atoms with Gasteiger partial charge in [-0.3, -0.25) is 0 Å². The van der Waals surface area contributed by atoms with Crippen molar-refractivity contribution in [2.45, 2.75) is 38.9 Å². The first-order valence-corrected chi connectivity index (χ1v) is 11.6. The predicted molar refractivity (Wildman–Crippen MR) is 126 cm³/mol. The Morgan fingerprint density at radius 2 is 1.77 bits per heavy atom. The summed E-state index contributed by atoms with van der Waals surface area (Å²) >= 11 is 1.87. The van der Waals surface area contributed by atoms with Crippen LogP contribution in [-0.4, -0.2) is 55.4 Å². The van der Waals surface area contributed by atoms with Crippen LogP contribution in [-0.2, 0) is 11.3 Å². The maximum absolute atomic E-state index is 11.7. The van der Waals surface area contributed by atoms with Gasteiger partial charge in [-0.15, -0.1) is 0 Å². The van der Waals surface area contributed by atoms with E-state index in [2.05, 4.69) is 52.6 Å². The third-order valence-corrected chi connectivity index (χ3v) is 6.37. The summed E-state index contributed by atoms with van der Waals surface area (Å²) in [5.41, 5.74) is 2.95. The number of anilines is 1. The minimum absolute atomic E-state index is 0.299. The lowest BCUT2D eigenvalue weighted by molar-refractivity contribution is 0.0600. The van der Waals surface area contributed by atoms with Crippen molar-refractivity contribution in [2.24, 2.45) is 0 Å². The molecule has 162 valence electrons. The van der Waals surface area contributed by atoms with Crippen molar-refractivity contribution in [1.82, 2.24) is 10.2 Å². The van der Waals surface area contributed by atoms with Gasteiger partial charge in [-0.25, -0.2) is 4.79 Å². The van der Waals surface area contributed by atoms with E-state index >= 15 is 0 Å². The molecule has 1 aliphatic rings. The molecule has 5 nitrogen and oxygen atoms in total. The molecule has 0 aromatic heterocycles. The van der Waals surface area contributed by atoms with Gasteiger partial charge in [0, 0.05) is 36.6 Å². The summed E-state index contributed by atoms with van der Waals surface area (Å²) in [6.07, 6.45) is 1.16. The van der Waals surface area contributed by atoms with E-state index in [9.17, 15) is 4.79 Å². The van der Waals surface area contributed by atoms with Crippen LogP contribution in [0.5, 0.6) is 0 Å². The van der Waals surface area contributed by atoms with Gasteiger partial charge in [0.05, 0.1) is 19.2 Å². The molecule has 0 aliphatic carbocycles. The monoisotopic (exact) mass is 427 g/mol. The van der Waals surface area contributed by atoms with E-state index in [1.165, 1.54) is 18.4 Å². The molecule has 30 heavy (non-hydrogen) atoms. The molecule has 1 fully saturated rings. The SMILES string of the molecule is COC(=O)c1ccc(CN(SCCCN2CC(C)NC(C)C2)c2ccccc2)cc1. The van der Waals surface area contributed by atoms with Gasteiger partial charge in [-0.1, -0.05) is 30.3 Å². The van der Waals surface area contributed by atoms with Crippen molar-refractivity contribution in [2.75, 3.05) is 36.8 Å². The number of esters is 1. The smallest absolute Gasteiger partial charge is 0.337 e. The Morgan fingerprint density at radius 1 is 1.10 bits per heavy atom. The molecule has 0 radical (unpaired) electrons. The fraction of sp³-hybridized carbons (Fsp3) is 0.458. The summed E-state index contributed by atoms with van der Waals surface area (Å²) in [5, 5.41) is 3.60. The highest BCUT2D eigenvalue weighted by Crippen LogP contribution is 2.25. The number of hydrogen-bond donors (Lipinski definition) is 1. The lowest BCUT2D eigenvalue weighted by atomic mass is 10.1. The fourth-order valence-electron chi connectivity index (χ4n) is 3.92. The summed E-state index contributed by atoms with van der Waals surface area (Å²) in [5.74, 6) is 0.773. The molecule has 0 bridgehead atoms. The Hall–Kier alpha value is -2.02. The number of carbonyl (C=O) groups excluding carboxylic acids is 1. The number of benzene rings is 2. The van der Waals surface area contributed by atoms with Gasteiger partial charge in [0.15, 0.2) is 0 Å². The summed E-state index contributed by atoms with van der Waals surface area (Å²) in [6.45, 7) is 8.71. The molecule has 2 aromatic carbocycles. The number of ether oxygens (including phenoxy) is 1. The van der Waals surface area contributed by atoms with Crippen LogP contribution in [0, 0.1) is 0 Å². The molecule has 0 spiro atoms.